The van der Waals surface area contributed by atoms with Crippen LogP contribution >= 0.6 is 0 Å². The van der Waals surface area contributed by atoms with Gasteiger partial charge in [0.1, 0.15) is 5.75 Å². The molecule has 0 spiro atoms. The molecule has 0 aliphatic heterocycles. The number of allylic oxidation sites excluding steroid dienone is 1. The van der Waals surface area contributed by atoms with Gasteiger partial charge in [-0.05, 0) is 50.2 Å². The van der Waals surface area contributed by atoms with Crippen molar-refractivity contribution < 1.29 is 9.53 Å². The molecule has 132 valence electrons. The second-order valence-corrected chi connectivity index (χ2v) is 7.24. The Balaban J connectivity index is 1.83. The largest absolute Gasteiger partial charge is 0.426 e. The smallest absolute Gasteiger partial charge is 0.318 e. The summed E-state index contributed by atoms with van der Waals surface area (Å²) in [5.74, 6) is 1.93. The summed E-state index contributed by atoms with van der Waals surface area (Å²) in [5, 5.41) is 0. The van der Waals surface area contributed by atoms with E-state index < -0.39 is 0 Å². The first kappa shape index (κ1) is 18.8. The summed E-state index contributed by atoms with van der Waals surface area (Å²) in [7, 11) is 0. The van der Waals surface area contributed by atoms with Crippen LogP contribution in [-0.4, -0.2) is 5.97 Å². The molecular formula is C22H32O2. The Labute approximate surface area is 147 Å². The van der Waals surface area contributed by atoms with Crippen molar-refractivity contribution in [2.45, 2.75) is 65.7 Å². The highest BCUT2D eigenvalue weighted by molar-refractivity contribution is 5.77. The van der Waals surface area contributed by atoms with E-state index in [0.717, 1.165) is 24.7 Å². The van der Waals surface area contributed by atoms with Gasteiger partial charge in [0.15, 0.2) is 0 Å². The molecule has 0 amide bonds. The van der Waals surface area contributed by atoms with Gasteiger partial charge in [-0.25, -0.2) is 0 Å². The summed E-state index contributed by atoms with van der Waals surface area (Å²) >= 11 is 0. The van der Waals surface area contributed by atoms with Crippen LogP contribution < -0.4 is 4.74 Å². The summed E-state index contributed by atoms with van der Waals surface area (Å²) in [6.45, 7) is 6.63. The van der Waals surface area contributed by atoms with Gasteiger partial charge < -0.3 is 4.74 Å². The van der Waals surface area contributed by atoms with Gasteiger partial charge >= 0.3 is 5.97 Å². The van der Waals surface area contributed by atoms with E-state index in [4.69, 9.17) is 4.74 Å². The van der Waals surface area contributed by atoms with Crippen molar-refractivity contribution in [2.75, 3.05) is 0 Å². The second-order valence-electron chi connectivity index (χ2n) is 7.24. The van der Waals surface area contributed by atoms with Gasteiger partial charge in [0.05, 0.1) is 5.92 Å². The molecule has 24 heavy (non-hydrogen) atoms. The van der Waals surface area contributed by atoms with Crippen molar-refractivity contribution >= 4 is 5.97 Å². The van der Waals surface area contributed by atoms with Crippen LogP contribution in [0.2, 0.25) is 0 Å². The standard InChI is InChI=1S/C22H32O2/c1-4-5-7-10-17(2)19-13-15-20(16-14-19)18(3)22(23)24-21-11-8-6-9-12-21/h6,8-9,11-12,15,17-19H,4-5,7,10,13-14,16H2,1-3H3. The van der Waals surface area contributed by atoms with Crippen LogP contribution in [0.4, 0.5) is 0 Å². The second kappa shape index (κ2) is 9.66. The number of benzene rings is 1. The Morgan fingerprint density at radius 2 is 1.96 bits per heavy atom. The third-order valence-electron chi connectivity index (χ3n) is 5.43. The number of rotatable bonds is 8. The van der Waals surface area contributed by atoms with E-state index in [2.05, 4.69) is 19.9 Å². The fraction of sp³-hybridized carbons (Fsp3) is 0.591. The molecule has 1 aromatic carbocycles. The molecule has 3 unspecified atom stereocenters. The maximum atomic E-state index is 12.3. The van der Waals surface area contributed by atoms with Gasteiger partial charge in [0, 0.05) is 0 Å². The van der Waals surface area contributed by atoms with Crippen molar-refractivity contribution in [2.24, 2.45) is 17.8 Å². The normalized spacial score (nSPS) is 20.1. The highest BCUT2D eigenvalue weighted by Crippen LogP contribution is 2.34. The van der Waals surface area contributed by atoms with Crippen molar-refractivity contribution in [1.29, 1.82) is 0 Å². The summed E-state index contributed by atoms with van der Waals surface area (Å²) in [6, 6.07) is 9.35. The van der Waals surface area contributed by atoms with Crippen LogP contribution in [-0.2, 0) is 4.79 Å². The third kappa shape index (κ3) is 5.51. The van der Waals surface area contributed by atoms with Gasteiger partial charge in [0.2, 0.25) is 0 Å². The van der Waals surface area contributed by atoms with Crippen molar-refractivity contribution in [3.8, 4) is 5.75 Å². The van der Waals surface area contributed by atoms with Crippen LogP contribution in [0, 0.1) is 17.8 Å². The van der Waals surface area contributed by atoms with Gasteiger partial charge in [-0.1, -0.05) is 69.4 Å². The number of hydrogen-bond acceptors (Lipinski definition) is 2. The van der Waals surface area contributed by atoms with Crippen LogP contribution in [0.3, 0.4) is 0 Å². The molecule has 0 heterocycles. The minimum atomic E-state index is -0.137. The molecule has 0 radical (unpaired) electrons. The van der Waals surface area contributed by atoms with E-state index in [1.165, 1.54) is 37.7 Å². The van der Waals surface area contributed by atoms with Crippen LogP contribution in [0.5, 0.6) is 5.75 Å². The zero-order valence-electron chi connectivity index (χ0n) is 15.5. The monoisotopic (exact) mass is 328 g/mol. The highest BCUT2D eigenvalue weighted by atomic mass is 16.5. The summed E-state index contributed by atoms with van der Waals surface area (Å²) in [4.78, 5) is 12.3. The molecule has 0 fully saturated rings. The van der Waals surface area contributed by atoms with Crippen molar-refractivity contribution in [3.05, 3.63) is 42.0 Å². The Hall–Kier alpha value is -1.57. The lowest BCUT2D eigenvalue weighted by Gasteiger charge is -2.29. The number of hydrogen-bond donors (Lipinski definition) is 0. The van der Waals surface area contributed by atoms with E-state index in [1.54, 1.807) is 0 Å². The Morgan fingerprint density at radius 3 is 2.58 bits per heavy atom. The minimum Gasteiger partial charge on any atom is -0.426 e. The molecule has 2 rings (SSSR count). The molecule has 1 aliphatic rings. The van der Waals surface area contributed by atoms with Gasteiger partial charge in [-0.15, -0.1) is 0 Å². The maximum absolute atomic E-state index is 12.3. The number of carbonyl (C=O) groups excluding carboxylic acids is 1. The van der Waals surface area contributed by atoms with Gasteiger partial charge in [0.25, 0.3) is 0 Å². The fourth-order valence-electron chi connectivity index (χ4n) is 3.58. The lowest BCUT2D eigenvalue weighted by atomic mass is 9.77. The predicted molar refractivity (Wildman–Crippen MR) is 100.0 cm³/mol. The first-order valence-electron chi connectivity index (χ1n) is 9.57. The molecule has 1 aromatic rings. The molecular weight excluding hydrogens is 296 g/mol. The van der Waals surface area contributed by atoms with E-state index in [-0.39, 0.29) is 11.9 Å². The SMILES string of the molecule is CCCCCC(C)C1CC=C(C(C)C(=O)Oc2ccccc2)CC1. The van der Waals surface area contributed by atoms with Crippen LogP contribution in [0.15, 0.2) is 42.0 Å². The van der Waals surface area contributed by atoms with E-state index >= 15 is 0 Å². The zero-order chi connectivity index (χ0) is 17.4. The van der Waals surface area contributed by atoms with Crippen molar-refractivity contribution in [3.63, 3.8) is 0 Å². The molecule has 0 saturated heterocycles. The molecule has 0 N–H and O–H groups in total. The lowest BCUT2D eigenvalue weighted by molar-refractivity contribution is -0.137. The molecule has 3 atom stereocenters. The van der Waals surface area contributed by atoms with E-state index in [1.807, 2.05) is 37.3 Å². The Bertz CT molecular complexity index is 532. The van der Waals surface area contributed by atoms with E-state index in [9.17, 15) is 4.79 Å². The summed E-state index contributed by atoms with van der Waals surface area (Å²) in [6.07, 6.45) is 11.0. The van der Waals surface area contributed by atoms with Gasteiger partial charge in [-0.2, -0.15) is 0 Å². The minimum absolute atomic E-state index is 0.137. The number of esters is 1. The molecule has 0 aromatic heterocycles. The predicted octanol–water partition coefficient (Wildman–Crippen LogP) is 6.17. The van der Waals surface area contributed by atoms with Crippen molar-refractivity contribution in [1.82, 2.24) is 0 Å². The topological polar surface area (TPSA) is 26.3 Å². The third-order valence-corrected chi connectivity index (χ3v) is 5.43. The fourth-order valence-corrected chi connectivity index (χ4v) is 3.58. The Kier molecular flexibility index (Phi) is 7.55. The number of unbranched alkanes of at least 4 members (excludes halogenated alkanes) is 2. The zero-order valence-corrected chi connectivity index (χ0v) is 15.5. The summed E-state index contributed by atoms with van der Waals surface area (Å²) < 4.78 is 5.49. The lowest BCUT2D eigenvalue weighted by Crippen LogP contribution is -2.23. The molecule has 2 nitrogen and oxygen atoms in total. The molecule has 2 heteroatoms. The maximum Gasteiger partial charge on any atom is 0.318 e. The summed E-state index contributed by atoms with van der Waals surface area (Å²) in [5.41, 5.74) is 1.26. The van der Waals surface area contributed by atoms with Crippen LogP contribution in [0.25, 0.3) is 0 Å². The van der Waals surface area contributed by atoms with Crippen LogP contribution in [0.1, 0.15) is 65.7 Å². The number of ether oxygens (including phenoxy) is 1. The molecule has 0 saturated carbocycles. The van der Waals surface area contributed by atoms with Gasteiger partial charge in [-0.3, -0.25) is 4.79 Å². The van der Waals surface area contributed by atoms with E-state index in [0.29, 0.717) is 5.75 Å². The number of para-hydroxylation sites is 1. The quantitative estimate of drug-likeness (QED) is 0.247. The highest BCUT2D eigenvalue weighted by Gasteiger charge is 2.26. The number of carbonyl (C=O) groups is 1. The molecule has 1 aliphatic carbocycles. The first-order chi connectivity index (χ1) is 11.6. The average Bonchev–Trinajstić information content (AvgIpc) is 2.62. The first-order valence-corrected chi connectivity index (χ1v) is 9.57. The Morgan fingerprint density at radius 1 is 1.21 bits per heavy atom. The molecule has 0 bridgehead atoms. The average molecular weight is 328 g/mol.